The molecule has 4 nitrogen and oxygen atoms in total. The standard InChI is InChI=1S/C7H6ClFN2O2/c8-5-1-4(3-10)7(11(12)13)6(9)2-5/h1-2H,3,10H2. The second kappa shape index (κ2) is 3.68. The highest BCUT2D eigenvalue weighted by atomic mass is 35.5. The van der Waals surface area contributed by atoms with Gasteiger partial charge >= 0.3 is 5.69 Å². The number of rotatable bonds is 2. The third kappa shape index (κ3) is 1.93. The molecule has 0 atom stereocenters. The van der Waals surface area contributed by atoms with E-state index in [1.54, 1.807) is 0 Å². The summed E-state index contributed by atoms with van der Waals surface area (Å²) in [6, 6.07) is 2.17. The van der Waals surface area contributed by atoms with E-state index in [0.717, 1.165) is 6.07 Å². The number of nitrogens with zero attached hydrogens (tertiary/aromatic N) is 1. The molecule has 6 heteroatoms. The molecule has 2 N–H and O–H groups in total. The molecule has 0 radical (unpaired) electrons. The largest absolute Gasteiger partial charge is 0.326 e. The average molecular weight is 205 g/mol. The summed E-state index contributed by atoms with van der Waals surface area (Å²) >= 11 is 5.49. The monoisotopic (exact) mass is 204 g/mol. The van der Waals surface area contributed by atoms with Crippen molar-refractivity contribution >= 4 is 17.3 Å². The molecule has 0 bridgehead atoms. The van der Waals surface area contributed by atoms with Crippen molar-refractivity contribution in [1.29, 1.82) is 0 Å². The third-order valence-corrected chi connectivity index (χ3v) is 1.73. The molecule has 0 saturated carbocycles. The molecule has 0 aliphatic carbocycles. The molecular weight excluding hydrogens is 199 g/mol. The van der Waals surface area contributed by atoms with Crippen LogP contribution in [0.2, 0.25) is 5.02 Å². The van der Waals surface area contributed by atoms with Crippen LogP contribution < -0.4 is 5.73 Å². The Balaban J connectivity index is 3.38. The lowest BCUT2D eigenvalue weighted by Gasteiger charge is -2.01. The summed E-state index contributed by atoms with van der Waals surface area (Å²) in [6.45, 7) is -0.117. The molecule has 0 fully saturated rings. The lowest BCUT2D eigenvalue weighted by molar-refractivity contribution is -0.388. The average Bonchev–Trinajstić information content (AvgIpc) is 2.01. The van der Waals surface area contributed by atoms with Gasteiger partial charge in [-0.15, -0.1) is 0 Å². The molecular formula is C7H6ClFN2O2. The fraction of sp³-hybridized carbons (Fsp3) is 0.143. The minimum absolute atomic E-state index is 0.0926. The van der Waals surface area contributed by atoms with E-state index in [2.05, 4.69) is 0 Å². The van der Waals surface area contributed by atoms with E-state index in [4.69, 9.17) is 17.3 Å². The Labute approximate surface area is 78.3 Å². The smallest absolute Gasteiger partial charge is 0.309 e. The molecule has 0 saturated heterocycles. The van der Waals surface area contributed by atoms with Crippen LogP contribution in [0.1, 0.15) is 5.56 Å². The first kappa shape index (κ1) is 9.88. The minimum atomic E-state index is -0.960. The molecule has 1 aromatic carbocycles. The van der Waals surface area contributed by atoms with Crippen LogP contribution in [-0.4, -0.2) is 4.92 Å². The molecule has 0 unspecified atom stereocenters. The van der Waals surface area contributed by atoms with Crippen molar-refractivity contribution in [2.24, 2.45) is 5.73 Å². The van der Waals surface area contributed by atoms with Crippen LogP contribution in [0.3, 0.4) is 0 Å². The Hall–Kier alpha value is -1.20. The van der Waals surface area contributed by atoms with Crippen molar-refractivity contribution in [1.82, 2.24) is 0 Å². The zero-order valence-electron chi connectivity index (χ0n) is 6.46. The first-order valence-corrected chi connectivity index (χ1v) is 3.76. The van der Waals surface area contributed by atoms with Crippen LogP contribution in [0.5, 0.6) is 0 Å². The van der Waals surface area contributed by atoms with Crippen molar-refractivity contribution < 1.29 is 9.31 Å². The molecule has 0 amide bonds. The van der Waals surface area contributed by atoms with Gasteiger partial charge in [-0.05, 0) is 12.1 Å². The number of nitro benzene ring substituents is 1. The van der Waals surface area contributed by atoms with Gasteiger partial charge in [0.15, 0.2) is 0 Å². The fourth-order valence-electron chi connectivity index (χ4n) is 0.979. The van der Waals surface area contributed by atoms with Crippen molar-refractivity contribution in [3.63, 3.8) is 0 Å². The summed E-state index contributed by atoms with van der Waals surface area (Å²) in [5.74, 6) is -0.960. The van der Waals surface area contributed by atoms with Gasteiger partial charge in [0, 0.05) is 17.1 Å². The Kier molecular flexibility index (Phi) is 2.79. The highest BCUT2D eigenvalue weighted by molar-refractivity contribution is 6.30. The van der Waals surface area contributed by atoms with Crippen LogP contribution in [0.4, 0.5) is 10.1 Å². The van der Waals surface area contributed by atoms with E-state index in [9.17, 15) is 14.5 Å². The Morgan fingerprint density at radius 3 is 2.69 bits per heavy atom. The molecule has 70 valence electrons. The van der Waals surface area contributed by atoms with Crippen LogP contribution in [0.15, 0.2) is 12.1 Å². The topological polar surface area (TPSA) is 69.2 Å². The maximum atomic E-state index is 13.0. The van der Waals surface area contributed by atoms with Gasteiger partial charge < -0.3 is 5.73 Å². The first-order chi connectivity index (χ1) is 6.06. The Morgan fingerprint density at radius 1 is 1.62 bits per heavy atom. The summed E-state index contributed by atoms with van der Waals surface area (Å²) in [6.07, 6.45) is 0. The van der Waals surface area contributed by atoms with Gasteiger partial charge in [0.25, 0.3) is 0 Å². The predicted octanol–water partition coefficient (Wildman–Crippen LogP) is 1.85. The number of benzene rings is 1. The van der Waals surface area contributed by atoms with Crippen molar-refractivity contribution in [2.45, 2.75) is 6.54 Å². The van der Waals surface area contributed by atoms with Gasteiger partial charge in [-0.3, -0.25) is 10.1 Å². The highest BCUT2D eigenvalue weighted by Gasteiger charge is 2.19. The molecule has 0 aliphatic heterocycles. The summed E-state index contributed by atoms with van der Waals surface area (Å²) in [4.78, 5) is 9.57. The van der Waals surface area contributed by atoms with Crippen molar-refractivity contribution in [2.75, 3.05) is 0 Å². The summed E-state index contributed by atoms with van der Waals surface area (Å²) in [7, 11) is 0. The van der Waals surface area contributed by atoms with Crippen LogP contribution in [0.25, 0.3) is 0 Å². The van der Waals surface area contributed by atoms with Gasteiger partial charge in [-0.25, -0.2) is 0 Å². The minimum Gasteiger partial charge on any atom is -0.326 e. The number of hydrogen-bond acceptors (Lipinski definition) is 3. The molecule has 0 heterocycles. The van der Waals surface area contributed by atoms with Crippen LogP contribution in [0, 0.1) is 15.9 Å². The number of hydrogen-bond donors (Lipinski definition) is 1. The summed E-state index contributed by atoms with van der Waals surface area (Å²) in [5, 5.41) is 10.5. The first-order valence-electron chi connectivity index (χ1n) is 3.38. The Morgan fingerprint density at radius 2 is 2.23 bits per heavy atom. The van der Waals surface area contributed by atoms with E-state index in [1.807, 2.05) is 0 Å². The van der Waals surface area contributed by atoms with Gasteiger partial charge in [-0.2, -0.15) is 4.39 Å². The maximum Gasteiger partial charge on any atom is 0.309 e. The quantitative estimate of drug-likeness (QED) is 0.590. The number of nitrogens with two attached hydrogens (primary N) is 1. The molecule has 0 spiro atoms. The molecule has 0 aromatic heterocycles. The van der Waals surface area contributed by atoms with Gasteiger partial charge in [0.2, 0.25) is 5.82 Å². The van der Waals surface area contributed by atoms with Gasteiger partial charge in [-0.1, -0.05) is 11.6 Å². The number of nitro groups is 1. The Bertz CT molecular complexity index is 357. The van der Waals surface area contributed by atoms with E-state index in [-0.39, 0.29) is 17.1 Å². The normalized spacial score (nSPS) is 10.1. The third-order valence-electron chi connectivity index (χ3n) is 1.51. The molecule has 13 heavy (non-hydrogen) atoms. The van der Waals surface area contributed by atoms with Crippen LogP contribution >= 0.6 is 11.6 Å². The summed E-state index contributed by atoms with van der Waals surface area (Å²) in [5.41, 5.74) is 4.68. The maximum absolute atomic E-state index is 13.0. The van der Waals surface area contributed by atoms with E-state index in [0.29, 0.717) is 0 Å². The van der Waals surface area contributed by atoms with Gasteiger partial charge in [0.1, 0.15) is 0 Å². The van der Waals surface area contributed by atoms with Crippen LogP contribution in [-0.2, 0) is 6.54 Å². The SMILES string of the molecule is NCc1cc(Cl)cc(F)c1[N+](=O)[O-]. The van der Waals surface area contributed by atoms with E-state index in [1.165, 1.54) is 6.07 Å². The molecule has 1 rings (SSSR count). The predicted molar refractivity (Wildman–Crippen MR) is 46.0 cm³/mol. The summed E-state index contributed by atoms with van der Waals surface area (Å²) < 4.78 is 13.0. The van der Waals surface area contributed by atoms with Crippen molar-refractivity contribution in [3.05, 3.63) is 38.7 Å². The molecule has 0 aliphatic rings. The zero-order chi connectivity index (χ0) is 10.0. The number of halogens is 2. The van der Waals surface area contributed by atoms with E-state index < -0.39 is 16.4 Å². The van der Waals surface area contributed by atoms with Crippen molar-refractivity contribution in [3.8, 4) is 0 Å². The molecule has 1 aromatic rings. The van der Waals surface area contributed by atoms with Gasteiger partial charge in [0.05, 0.1) is 4.92 Å². The second-order valence-electron chi connectivity index (χ2n) is 2.36. The van der Waals surface area contributed by atoms with E-state index >= 15 is 0 Å². The zero-order valence-corrected chi connectivity index (χ0v) is 7.21. The second-order valence-corrected chi connectivity index (χ2v) is 2.79. The fourth-order valence-corrected chi connectivity index (χ4v) is 1.21. The lowest BCUT2D eigenvalue weighted by atomic mass is 10.2. The lowest BCUT2D eigenvalue weighted by Crippen LogP contribution is -2.03. The highest BCUT2D eigenvalue weighted by Crippen LogP contribution is 2.26.